The van der Waals surface area contributed by atoms with Gasteiger partial charge in [-0.25, -0.2) is 8.42 Å². The van der Waals surface area contributed by atoms with Gasteiger partial charge in [0.15, 0.2) is 0 Å². The molecule has 0 heterocycles. The van der Waals surface area contributed by atoms with Crippen molar-refractivity contribution in [1.29, 1.82) is 0 Å². The lowest BCUT2D eigenvalue weighted by Crippen LogP contribution is -2.51. The number of aryl methyl sites for hydroxylation is 3. The Morgan fingerprint density at radius 1 is 1.03 bits per heavy atom. The number of hydrogen-bond donors (Lipinski definition) is 1. The molecule has 1 unspecified atom stereocenters. The summed E-state index contributed by atoms with van der Waals surface area (Å²) in [6.45, 7) is 9.57. The molecular formula is C25H35N3O4S. The van der Waals surface area contributed by atoms with Gasteiger partial charge < -0.3 is 10.2 Å². The van der Waals surface area contributed by atoms with Crippen LogP contribution < -0.4 is 9.62 Å². The maximum atomic E-state index is 13.5. The molecule has 0 fully saturated rings. The highest BCUT2D eigenvalue weighted by Gasteiger charge is 2.30. The van der Waals surface area contributed by atoms with Crippen LogP contribution in [0.5, 0.6) is 0 Å². The van der Waals surface area contributed by atoms with Crippen LogP contribution in [0.3, 0.4) is 0 Å². The maximum absolute atomic E-state index is 13.5. The van der Waals surface area contributed by atoms with Gasteiger partial charge in [0.25, 0.3) is 0 Å². The van der Waals surface area contributed by atoms with Crippen molar-refractivity contribution in [2.45, 2.75) is 53.6 Å². The Labute approximate surface area is 197 Å². The summed E-state index contributed by atoms with van der Waals surface area (Å²) in [6, 6.07) is 12.4. The fraction of sp³-hybridized carbons (Fsp3) is 0.440. The molecule has 2 aromatic rings. The standard InChI is InChI=1S/C25H35N3O4S/c1-7-14-26-25(30)21(5)27(16-22-11-9-8-10-19(22)3)24(29)17-28(33(6,31)32)23-15-18(2)12-13-20(23)4/h8-13,15,21H,7,14,16-17H2,1-6H3,(H,26,30). The molecule has 180 valence electrons. The van der Waals surface area contributed by atoms with Gasteiger partial charge in [-0.1, -0.05) is 43.3 Å². The maximum Gasteiger partial charge on any atom is 0.244 e. The third-order valence-electron chi connectivity index (χ3n) is 5.63. The Kier molecular flexibility index (Phi) is 9.05. The highest BCUT2D eigenvalue weighted by molar-refractivity contribution is 7.92. The molecule has 0 spiro atoms. The lowest BCUT2D eigenvalue weighted by Gasteiger charge is -2.32. The molecule has 0 aliphatic carbocycles. The van der Waals surface area contributed by atoms with E-state index in [2.05, 4.69) is 5.32 Å². The monoisotopic (exact) mass is 473 g/mol. The Morgan fingerprint density at radius 2 is 1.70 bits per heavy atom. The average molecular weight is 474 g/mol. The molecule has 33 heavy (non-hydrogen) atoms. The molecule has 2 rings (SSSR count). The minimum Gasteiger partial charge on any atom is -0.354 e. The number of anilines is 1. The van der Waals surface area contributed by atoms with E-state index in [1.165, 1.54) is 4.90 Å². The number of benzene rings is 2. The molecule has 0 aliphatic rings. The van der Waals surface area contributed by atoms with Crippen molar-refractivity contribution in [1.82, 2.24) is 10.2 Å². The summed E-state index contributed by atoms with van der Waals surface area (Å²) in [4.78, 5) is 27.7. The SMILES string of the molecule is CCCNC(=O)C(C)N(Cc1ccccc1C)C(=O)CN(c1cc(C)ccc1C)S(C)(=O)=O. The highest BCUT2D eigenvalue weighted by Crippen LogP contribution is 2.24. The zero-order valence-electron chi connectivity index (χ0n) is 20.4. The van der Waals surface area contributed by atoms with Crippen LogP contribution in [0.25, 0.3) is 0 Å². The summed E-state index contributed by atoms with van der Waals surface area (Å²) in [5, 5.41) is 2.83. The van der Waals surface area contributed by atoms with Crippen LogP contribution in [-0.2, 0) is 26.2 Å². The fourth-order valence-electron chi connectivity index (χ4n) is 3.53. The normalized spacial score (nSPS) is 12.2. The zero-order valence-corrected chi connectivity index (χ0v) is 21.2. The first-order valence-electron chi connectivity index (χ1n) is 11.1. The average Bonchev–Trinajstić information content (AvgIpc) is 2.75. The fourth-order valence-corrected chi connectivity index (χ4v) is 4.43. The van der Waals surface area contributed by atoms with Crippen molar-refractivity contribution in [2.75, 3.05) is 23.7 Å². The van der Waals surface area contributed by atoms with E-state index in [4.69, 9.17) is 0 Å². The van der Waals surface area contributed by atoms with Gasteiger partial charge in [0.1, 0.15) is 12.6 Å². The summed E-state index contributed by atoms with van der Waals surface area (Å²) in [6.07, 6.45) is 1.86. The lowest BCUT2D eigenvalue weighted by molar-refractivity contribution is -0.139. The predicted molar refractivity (Wildman–Crippen MR) is 133 cm³/mol. The molecule has 0 saturated carbocycles. The molecule has 1 atom stereocenters. The minimum absolute atomic E-state index is 0.205. The first-order chi connectivity index (χ1) is 15.5. The Hall–Kier alpha value is -2.87. The summed E-state index contributed by atoms with van der Waals surface area (Å²) in [5.74, 6) is -0.708. The van der Waals surface area contributed by atoms with Crippen molar-refractivity contribution in [3.05, 3.63) is 64.7 Å². The Morgan fingerprint density at radius 3 is 2.30 bits per heavy atom. The van der Waals surface area contributed by atoms with E-state index in [0.717, 1.165) is 39.2 Å². The van der Waals surface area contributed by atoms with Gasteiger partial charge in [-0.3, -0.25) is 13.9 Å². The number of carbonyl (C=O) groups is 2. The predicted octanol–water partition coefficient (Wildman–Crippen LogP) is 3.32. The van der Waals surface area contributed by atoms with Gasteiger partial charge >= 0.3 is 0 Å². The van der Waals surface area contributed by atoms with Gasteiger partial charge in [-0.15, -0.1) is 0 Å². The van der Waals surface area contributed by atoms with Crippen LogP contribution in [0.2, 0.25) is 0 Å². The van der Waals surface area contributed by atoms with Gasteiger partial charge in [0, 0.05) is 13.1 Å². The molecule has 0 bridgehead atoms. The van der Waals surface area contributed by atoms with Crippen molar-refractivity contribution in [2.24, 2.45) is 0 Å². The van der Waals surface area contributed by atoms with E-state index in [1.807, 2.05) is 64.1 Å². The second-order valence-corrected chi connectivity index (χ2v) is 10.4. The number of nitrogens with zero attached hydrogens (tertiary/aromatic N) is 2. The molecule has 1 N–H and O–H groups in total. The third kappa shape index (κ3) is 7.05. The molecule has 8 heteroatoms. The van der Waals surface area contributed by atoms with Gasteiger partial charge in [-0.05, 0) is 62.4 Å². The molecule has 2 aromatic carbocycles. The molecule has 0 saturated heterocycles. The van der Waals surface area contributed by atoms with E-state index in [1.54, 1.807) is 13.0 Å². The summed E-state index contributed by atoms with van der Waals surface area (Å²) in [7, 11) is -3.74. The van der Waals surface area contributed by atoms with E-state index < -0.39 is 22.0 Å². The largest absolute Gasteiger partial charge is 0.354 e. The molecule has 0 aromatic heterocycles. The Balaban J connectivity index is 2.43. The number of amides is 2. The second-order valence-electron chi connectivity index (χ2n) is 8.47. The number of sulfonamides is 1. The van der Waals surface area contributed by atoms with Crippen molar-refractivity contribution in [3.8, 4) is 0 Å². The lowest BCUT2D eigenvalue weighted by atomic mass is 10.1. The van der Waals surface area contributed by atoms with Crippen LogP contribution in [0.1, 0.15) is 42.5 Å². The second kappa shape index (κ2) is 11.3. The highest BCUT2D eigenvalue weighted by atomic mass is 32.2. The number of nitrogens with one attached hydrogen (secondary N) is 1. The van der Waals surface area contributed by atoms with Crippen LogP contribution in [0, 0.1) is 20.8 Å². The molecule has 7 nitrogen and oxygen atoms in total. The van der Waals surface area contributed by atoms with Crippen LogP contribution in [0.15, 0.2) is 42.5 Å². The molecule has 2 amide bonds. The topological polar surface area (TPSA) is 86.8 Å². The van der Waals surface area contributed by atoms with Crippen molar-refractivity contribution < 1.29 is 18.0 Å². The number of rotatable bonds is 10. The van der Waals surface area contributed by atoms with Crippen LogP contribution in [0.4, 0.5) is 5.69 Å². The summed E-state index contributed by atoms with van der Waals surface area (Å²) >= 11 is 0. The first kappa shape index (κ1) is 26.4. The van der Waals surface area contributed by atoms with E-state index in [-0.39, 0.29) is 19.0 Å². The van der Waals surface area contributed by atoms with Gasteiger partial charge in [0.2, 0.25) is 21.8 Å². The van der Waals surface area contributed by atoms with Crippen LogP contribution >= 0.6 is 0 Å². The van der Waals surface area contributed by atoms with Crippen molar-refractivity contribution in [3.63, 3.8) is 0 Å². The van der Waals surface area contributed by atoms with E-state index in [0.29, 0.717) is 12.2 Å². The number of carbonyl (C=O) groups excluding carboxylic acids is 2. The summed E-state index contributed by atoms with van der Waals surface area (Å²) in [5.41, 5.74) is 3.99. The van der Waals surface area contributed by atoms with E-state index >= 15 is 0 Å². The minimum atomic E-state index is -3.74. The molecule has 0 aliphatic heterocycles. The third-order valence-corrected chi connectivity index (χ3v) is 6.76. The number of hydrogen-bond acceptors (Lipinski definition) is 4. The molecular weight excluding hydrogens is 438 g/mol. The Bertz CT molecular complexity index is 1100. The van der Waals surface area contributed by atoms with Crippen molar-refractivity contribution >= 4 is 27.5 Å². The van der Waals surface area contributed by atoms with Crippen LogP contribution in [-0.4, -0.2) is 50.5 Å². The van der Waals surface area contributed by atoms with E-state index in [9.17, 15) is 18.0 Å². The summed E-state index contributed by atoms with van der Waals surface area (Å²) < 4.78 is 26.5. The molecule has 0 radical (unpaired) electrons. The van der Waals surface area contributed by atoms with Gasteiger partial charge in [-0.2, -0.15) is 0 Å². The smallest absolute Gasteiger partial charge is 0.244 e. The zero-order chi connectivity index (χ0) is 24.8. The quantitative estimate of drug-likeness (QED) is 0.574. The van der Waals surface area contributed by atoms with Gasteiger partial charge in [0.05, 0.1) is 11.9 Å². The first-order valence-corrected chi connectivity index (χ1v) is 13.0.